The molecule has 0 bridgehead atoms. The monoisotopic (exact) mass is 545 g/mol. The van der Waals surface area contributed by atoms with Gasteiger partial charge in [-0.05, 0) is 94.7 Å². The Bertz CT molecular complexity index is 1940. The summed E-state index contributed by atoms with van der Waals surface area (Å²) in [6, 6.07) is 44.8. The van der Waals surface area contributed by atoms with E-state index in [2.05, 4.69) is 114 Å². The Morgan fingerprint density at radius 3 is 1.95 bits per heavy atom. The van der Waals surface area contributed by atoms with E-state index in [9.17, 15) is 0 Å². The van der Waals surface area contributed by atoms with Gasteiger partial charge < -0.3 is 4.90 Å². The Balaban J connectivity index is 1.36. The molecule has 0 fully saturated rings. The quantitative estimate of drug-likeness (QED) is 0.212. The molecule has 38 heavy (non-hydrogen) atoms. The molecule has 1 aromatic heterocycles. The molecule has 182 valence electrons. The number of rotatable bonds is 4. The number of hydrogen-bond acceptors (Lipinski definition) is 2. The smallest absolute Gasteiger partial charge is 0.0468 e. The third-order valence-corrected chi connectivity index (χ3v) is 8.50. The summed E-state index contributed by atoms with van der Waals surface area (Å²) in [4.78, 5) is 2.33. The highest BCUT2D eigenvalue weighted by Gasteiger charge is 2.15. The molecule has 0 N–H and O–H groups in total. The minimum atomic E-state index is 0.636. The van der Waals surface area contributed by atoms with Crippen molar-refractivity contribution in [3.63, 3.8) is 0 Å². The molecule has 0 radical (unpaired) electrons. The number of thiophene rings is 1. The first-order valence-electron chi connectivity index (χ1n) is 12.4. The predicted molar refractivity (Wildman–Crippen MR) is 167 cm³/mol. The molecule has 0 atom stereocenters. The molecule has 4 heteroatoms. The van der Waals surface area contributed by atoms with Gasteiger partial charge in [-0.25, -0.2) is 0 Å². The molecule has 1 heterocycles. The normalized spacial score (nSPS) is 11.4. The van der Waals surface area contributed by atoms with Crippen LogP contribution in [0.2, 0.25) is 10.0 Å². The number of hydrogen-bond donors (Lipinski definition) is 0. The topological polar surface area (TPSA) is 3.24 Å². The minimum absolute atomic E-state index is 0.636. The van der Waals surface area contributed by atoms with Gasteiger partial charge in [0, 0.05) is 47.3 Å². The molecule has 1 nitrogen and oxygen atoms in total. The molecule has 0 unspecified atom stereocenters. The fourth-order valence-corrected chi connectivity index (χ4v) is 6.76. The first-order valence-corrected chi connectivity index (χ1v) is 14.0. The van der Waals surface area contributed by atoms with Crippen molar-refractivity contribution in [2.75, 3.05) is 4.90 Å². The van der Waals surface area contributed by atoms with Crippen molar-refractivity contribution in [2.45, 2.75) is 0 Å². The van der Waals surface area contributed by atoms with Crippen LogP contribution in [-0.2, 0) is 0 Å². The van der Waals surface area contributed by atoms with Crippen LogP contribution < -0.4 is 4.90 Å². The Morgan fingerprint density at radius 2 is 1.11 bits per heavy atom. The van der Waals surface area contributed by atoms with Crippen molar-refractivity contribution in [2.24, 2.45) is 0 Å². The fraction of sp³-hybridized carbons (Fsp3) is 0. The molecule has 0 saturated carbocycles. The van der Waals surface area contributed by atoms with Gasteiger partial charge in [-0.2, -0.15) is 0 Å². The fourth-order valence-electron chi connectivity index (χ4n) is 5.15. The van der Waals surface area contributed by atoms with Crippen LogP contribution in [0.25, 0.3) is 42.1 Å². The molecule has 7 aromatic rings. The summed E-state index contributed by atoms with van der Waals surface area (Å²) in [7, 11) is 0. The molecule has 6 aromatic carbocycles. The Kier molecular flexibility index (Phi) is 5.82. The largest absolute Gasteiger partial charge is 0.310 e. The lowest BCUT2D eigenvalue weighted by atomic mass is 10.0. The second-order valence-electron chi connectivity index (χ2n) is 9.35. The number of halogens is 2. The zero-order valence-corrected chi connectivity index (χ0v) is 22.6. The predicted octanol–water partition coefficient (Wildman–Crippen LogP) is 11.7. The third kappa shape index (κ3) is 4.21. The van der Waals surface area contributed by atoms with E-state index >= 15 is 0 Å². The highest BCUT2D eigenvalue weighted by molar-refractivity contribution is 7.25. The highest BCUT2D eigenvalue weighted by Crippen LogP contribution is 2.41. The lowest BCUT2D eigenvalue weighted by Gasteiger charge is -2.26. The molecule has 7 rings (SSSR count). The summed E-state index contributed by atoms with van der Waals surface area (Å²) < 4.78 is 2.61. The van der Waals surface area contributed by atoms with Crippen LogP contribution in [0.1, 0.15) is 0 Å². The zero-order valence-electron chi connectivity index (χ0n) is 20.2. The Labute approximate surface area is 235 Å². The summed E-state index contributed by atoms with van der Waals surface area (Å²) >= 11 is 14.4. The maximum Gasteiger partial charge on any atom is 0.0468 e. The number of nitrogens with zero attached hydrogens (tertiary/aromatic N) is 1. The van der Waals surface area contributed by atoms with Crippen molar-refractivity contribution in [1.82, 2.24) is 0 Å². The van der Waals surface area contributed by atoms with E-state index in [0.29, 0.717) is 10.0 Å². The summed E-state index contributed by atoms with van der Waals surface area (Å²) in [5.74, 6) is 0. The van der Waals surface area contributed by atoms with E-state index in [4.69, 9.17) is 23.2 Å². The van der Waals surface area contributed by atoms with Gasteiger partial charge in [0.25, 0.3) is 0 Å². The van der Waals surface area contributed by atoms with Gasteiger partial charge in [0.1, 0.15) is 0 Å². The van der Waals surface area contributed by atoms with E-state index in [-0.39, 0.29) is 0 Å². The molecule has 0 spiro atoms. The van der Waals surface area contributed by atoms with Gasteiger partial charge in [-0.1, -0.05) is 77.8 Å². The van der Waals surface area contributed by atoms with Crippen molar-refractivity contribution in [1.29, 1.82) is 0 Å². The number of fused-ring (bicyclic) bond motifs is 4. The molecule has 0 saturated heterocycles. The summed E-state index contributed by atoms with van der Waals surface area (Å²) in [5.41, 5.74) is 5.47. The van der Waals surface area contributed by atoms with Crippen molar-refractivity contribution in [3.8, 4) is 11.1 Å². The van der Waals surface area contributed by atoms with E-state index < -0.39 is 0 Å². The van der Waals surface area contributed by atoms with Crippen LogP contribution in [0.4, 0.5) is 17.1 Å². The van der Waals surface area contributed by atoms with E-state index in [1.54, 1.807) is 6.07 Å². The third-order valence-electron chi connectivity index (χ3n) is 6.91. The standard InChI is InChI=1S/C34H21Cl2NS/c35-26-17-25(18-27(36)20-26)23-10-11-24-19-29(13-12-22(24)16-23)37(28-6-2-1-3-7-28)30-14-15-34-32(21-30)31-8-4-5-9-33(31)38-34/h1-21H. The summed E-state index contributed by atoms with van der Waals surface area (Å²) in [6.45, 7) is 0. The first-order chi connectivity index (χ1) is 18.6. The molecular weight excluding hydrogens is 525 g/mol. The average Bonchev–Trinajstić information content (AvgIpc) is 3.31. The second-order valence-corrected chi connectivity index (χ2v) is 11.3. The lowest BCUT2D eigenvalue weighted by molar-refractivity contribution is 1.30. The maximum absolute atomic E-state index is 6.26. The first kappa shape index (κ1) is 23.3. The van der Waals surface area contributed by atoms with Gasteiger partial charge in [0.05, 0.1) is 0 Å². The van der Waals surface area contributed by atoms with E-state index in [0.717, 1.165) is 33.6 Å². The maximum atomic E-state index is 6.26. The summed E-state index contributed by atoms with van der Waals surface area (Å²) in [5, 5.41) is 6.19. The van der Waals surface area contributed by atoms with Crippen molar-refractivity contribution >= 4 is 82.5 Å². The van der Waals surface area contributed by atoms with Gasteiger partial charge in [-0.15, -0.1) is 11.3 Å². The van der Waals surface area contributed by atoms with Gasteiger partial charge in [0.2, 0.25) is 0 Å². The van der Waals surface area contributed by atoms with Gasteiger partial charge in [-0.3, -0.25) is 0 Å². The average molecular weight is 547 g/mol. The molecule has 0 aliphatic rings. The summed E-state index contributed by atoms with van der Waals surface area (Å²) in [6.07, 6.45) is 0. The molecule has 0 amide bonds. The number of anilines is 3. The van der Waals surface area contributed by atoms with Crippen molar-refractivity contribution < 1.29 is 0 Å². The molecular formula is C34H21Cl2NS. The van der Waals surface area contributed by atoms with Crippen LogP contribution in [-0.4, -0.2) is 0 Å². The van der Waals surface area contributed by atoms with Crippen LogP contribution in [0.15, 0.2) is 127 Å². The van der Waals surface area contributed by atoms with Gasteiger partial charge in [0.15, 0.2) is 0 Å². The van der Waals surface area contributed by atoms with E-state index in [1.165, 1.54) is 25.6 Å². The Morgan fingerprint density at radius 1 is 0.447 bits per heavy atom. The van der Waals surface area contributed by atoms with Crippen molar-refractivity contribution in [3.05, 3.63) is 137 Å². The van der Waals surface area contributed by atoms with Crippen LogP contribution in [0.5, 0.6) is 0 Å². The molecule has 0 aliphatic carbocycles. The van der Waals surface area contributed by atoms with Gasteiger partial charge >= 0.3 is 0 Å². The molecule has 0 aliphatic heterocycles. The minimum Gasteiger partial charge on any atom is -0.310 e. The zero-order chi connectivity index (χ0) is 25.6. The second kappa shape index (κ2) is 9.49. The number of para-hydroxylation sites is 1. The highest BCUT2D eigenvalue weighted by atomic mass is 35.5. The lowest BCUT2D eigenvalue weighted by Crippen LogP contribution is -2.09. The van der Waals surface area contributed by atoms with E-state index in [1.807, 2.05) is 23.5 Å². The van der Waals surface area contributed by atoms with Crippen LogP contribution >= 0.6 is 34.5 Å². The van der Waals surface area contributed by atoms with Crippen LogP contribution in [0.3, 0.4) is 0 Å². The van der Waals surface area contributed by atoms with Crippen LogP contribution in [0, 0.1) is 0 Å². The number of benzene rings is 6. The Hall–Kier alpha value is -3.82. The SMILES string of the molecule is Clc1cc(Cl)cc(-c2ccc3cc(N(c4ccccc4)c4ccc5sc6ccccc6c5c4)ccc3c2)c1.